The van der Waals surface area contributed by atoms with Crippen molar-refractivity contribution in [1.82, 2.24) is 9.88 Å². The van der Waals surface area contributed by atoms with Crippen molar-refractivity contribution in [3.8, 4) is 0 Å². The molecule has 1 heterocycles. The van der Waals surface area contributed by atoms with Crippen LogP contribution in [0.3, 0.4) is 0 Å². The van der Waals surface area contributed by atoms with Gasteiger partial charge in [-0.25, -0.2) is 0 Å². The number of nitrogens with two attached hydrogens (primary N) is 1. The van der Waals surface area contributed by atoms with Crippen LogP contribution < -0.4 is 11.1 Å². The minimum atomic E-state index is -0.0469. The molecule has 1 amide bonds. The molecule has 82 valence electrons. The lowest BCUT2D eigenvalue weighted by molar-refractivity contribution is 0.0952. The van der Waals surface area contributed by atoms with Crippen molar-refractivity contribution in [1.29, 1.82) is 0 Å². The molecule has 1 saturated carbocycles. The molecule has 0 unspecified atom stereocenters. The van der Waals surface area contributed by atoms with Crippen molar-refractivity contribution in [3.05, 3.63) is 17.8 Å². The average molecular weight is 207 g/mol. The molecule has 0 saturated heterocycles. The van der Waals surface area contributed by atoms with Crippen molar-refractivity contribution in [2.45, 2.75) is 38.8 Å². The Labute approximate surface area is 89.5 Å². The van der Waals surface area contributed by atoms with Crippen LogP contribution in [0.2, 0.25) is 0 Å². The molecule has 1 aromatic rings. The van der Waals surface area contributed by atoms with Gasteiger partial charge in [0.2, 0.25) is 0 Å². The lowest BCUT2D eigenvalue weighted by Gasteiger charge is -2.10. The van der Waals surface area contributed by atoms with Gasteiger partial charge < -0.3 is 15.6 Å². The number of rotatable bonds is 3. The Hall–Kier alpha value is -1.45. The van der Waals surface area contributed by atoms with E-state index in [1.54, 1.807) is 6.07 Å². The van der Waals surface area contributed by atoms with Crippen LogP contribution in [0.5, 0.6) is 0 Å². The van der Waals surface area contributed by atoms with Gasteiger partial charge in [0.05, 0.1) is 5.56 Å². The molecule has 0 aromatic carbocycles. The number of carbonyl (C=O) groups is 1. The first-order valence-corrected chi connectivity index (χ1v) is 5.36. The molecule has 0 atom stereocenters. The van der Waals surface area contributed by atoms with Gasteiger partial charge in [0.25, 0.3) is 5.91 Å². The largest absolute Gasteiger partial charge is 0.384 e. The van der Waals surface area contributed by atoms with E-state index in [1.807, 2.05) is 24.6 Å². The summed E-state index contributed by atoms with van der Waals surface area (Å²) in [6.45, 7) is 4.08. The summed E-state index contributed by atoms with van der Waals surface area (Å²) in [4.78, 5) is 11.7. The van der Waals surface area contributed by atoms with Gasteiger partial charge >= 0.3 is 0 Å². The summed E-state index contributed by atoms with van der Waals surface area (Å²) in [5.41, 5.74) is 6.50. The summed E-state index contributed by atoms with van der Waals surface area (Å²) in [5, 5.41) is 2.93. The van der Waals surface area contributed by atoms with Crippen molar-refractivity contribution in [3.63, 3.8) is 0 Å². The van der Waals surface area contributed by atoms with E-state index in [-0.39, 0.29) is 11.9 Å². The second kappa shape index (κ2) is 3.61. The molecule has 1 fully saturated rings. The van der Waals surface area contributed by atoms with E-state index in [0.29, 0.717) is 17.4 Å². The maximum absolute atomic E-state index is 11.7. The average Bonchev–Trinajstić information content (AvgIpc) is 2.86. The summed E-state index contributed by atoms with van der Waals surface area (Å²) in [5.74, 6) is 0.512. The highest BCUT2D eigenvalue weighted by molar-refractivity contribution is 5.99. The van der Waals surface area contributed by atoms with Gasteiger partial charge in [-0.3, -0.25) is 4.79 Å². The zero-order valence-corrected chi connectivity index (χ0v) is 9.16. The number of aromatic nitrogens is 1. The van der Waals surface area contributed by atoms with E-state index in [1.165, 1.54) is 0 Å². The predicted octanol–water partition coefficient (Wildman–Crippen LogP) is 1.54. The Balaban J connectivity index is 2.16. The molecular weight excluding hydrogens is 190 g/mol. The Morgan fingerprint density at radius 3 is 2.73 bits per heavy atom. The van der Waals surface area contributed by atoms with Gasteiger partial charge in [-0.1, -0.05) is 0 Å². The number of carbonyl (C=O) groups excluding carboxylic acids is 1. The van der Waals surface area contributed by atoms with Crippen LogP contribution in [0.1, 0.15) is 43.1 Å². The Bertz CT molecular complexity index is 377. The Morgan fingerprint density at radius 1 is 1.60 bits per heavy atom. The van der Waals surface area contributed by atoms with Crippen molar-refractivity contribution < 1.29 is 4.79 Å². The number of nitrogens with one attached hydrogen (secondary N) is 1. The zero-order chi connectivity index (χ0) is 11.0. The maximum atomic E-state index is 11.7. The monoisotopic (exact) mass is 207 g/mol. The topological polar surface area (TPSA) is 60.0 Å². The lowest BCUT2D eigenvalue weighted by atomic mass is 10.3. The highest BCUT2D eigenvalue weighted by Crippen LogP contribution is 2.22. The third-order valence-electron chi connectivity index (χ3n) is 2.67. The highest BCUT2D eigenvalue weighted by Gasteiger charge is 2.25. The molecule has 1 aliphatic carbocycles. The molecule has 0 bridgehead atoms. The van der Waals surface area contributed by atoms with Crippen LogP contribution in [0.4, 0.5) is 5.82 Å². The Kier molecular flexibility index (Phi) is 2.42. The number of nitrogens with zero attached hydrogens (tertiary/aromatic N) is 1. The van der Waals surface area contributed by atoms with Crippen molar-refractivity contribution >= 4 is 11.7 Å². The van der Waals surface area contributed by atoms with Gasteiger partial charge in [0.1, 0.15) is 5.82 Å². The summed E-state index contributed by atoms with van der Waals surface area (Å²) in [6.07, 6.45) is 4.05. The summed E-state index contributed by atoms with van der Waals surface area (Å²) < 4.78 is 1.90. The summed E-state index contributed by atoms with van der Waals surface area (Å²) in [7, 11) is 0. The number of amides is 1. The van der Waals surface area contributed by atoms with E-state index >= 15 is 0 Å². The molecule has 1 aliphatic rings. The second-order valence-corrected chi connectivity index (χ2v) is 4.36. The third kappa shape index (κ3) is 1.98. The lowest BCUT2D eigenvalue weighted by Crippen LogP contribution is -2.26. The van der Waals surface area contributed by atoms with Gasteiger partial charge in [-0.05, 0) is 32.8 Å². The Morgan fingerprint density at radius 2 is 2.27 bits per heavy atom. The van der Waals surface area contributed by atoms with E-state index < -0.39 is 0 Å². The predicted molar refractivity (Wildman–Crippen MR) is 59.7 cm³/mol. The van der Waals surface area contributed by atoms with Gasteiger partial charge in [0, 0.05) is 18.3 Å². The smallest absolute Gasteiger partial charge is 0.255 e. The maximum Gasteiger partial charge on any atom is 0.255 e. The van der Waals surface area contributed by atoms with E-state index in [9.17, 15) is 4.79 Å². The van der Waals surface area contributed by atoms with E-state index in [4.69, 9.17) is 5.73 Å². The second-order valence-electron chi connectivity index (χ2n) is 4.36. The van der Waals surface area contributed by atoms with Gasteiger partial charge in [-0.2, -0.15) is 0 Å². The highest BCUT2D eigenvalue weighted by atomic mass is 16.1. The molecule has 0 aliphatic heterocycles. The fraction of sp³-hybridized carbons (Fsp3) is 0.545. The first-order valence-electron chi connectivity index (χ1n) is 5.36. The van der Waals surface area contributed by atoms with E-state index in [0.717, 1.165) is 12.8 Å². The normalized spacial score (nSPS) is 15.7. The molecule has 4 heteroatoms. The molecule has 0 spiro atoms. The molecule has 2 rings (SSSR count). The summed E-state index contributed by atoms with van der Waals surface area (Å²) >= 11 is 0. The summed E-state index contributed by atoms with van der Waals surface area (Å²) in [6, 6.07) is 2.44. The molecular formula is C11H17N3O. The van der Waals surface area contributed by atoms with Crippen LogP contribution >= 0.6 is 0 Å². The van der Waals surface area contributed by atoms with Gasteiger partial charge in [0.15, 0.2) is 0 Å². The molecule has 0 radical (unpaired) electrons. The SMILES string of the molecule is CC(C)n1ccc(C(=O)NC2CC2)c1N. The zero-order valence-electron chi connectivity index (χ0n) is 9.16. The quantitative estimate of drug-likeness (QED) is 0.789. The number of hydrogen-bond donors (Lipinski definition) is 2. The van der Waals surface area contributed by atoms with Crippen molar-refractivity contribution in [2.75, 3.05) is 5.73 Å². The van der Waals surface area contributed by atoms with Crippen LogP contribution in [0, 0.1) is 0 Å². The van der Waals surface area contributed by atoms with Crippen LogP contribution in [0.15, 0.2) is 12.3 Å². The fourth-order valence-corrected chi connectivity index (χ4v) is 1.59. The molecule has 15 heavy (non-hydrogen) atoms. The van der Waals surface area contributed by atoms with Gasteiger partial charge in [-0.15, -0.1) is 0 Å². The molecule has 3 N–H and O–H groups in total. The first-order chi connectivity index (χ1) is 7.09. The standard InChI is InChI=1S/C11H17N3O/c1-7(2)14-6-5-9(10(14)12)11(15)13-8-3-4-8/h5-8H,3-4,12H2,1-2H3,(H,13,15). The van der Waals surface area contributed by atoms with E-state index in [2.05, 4.69) is 5.32 Å². The van der Waals surface area contributed by atoms with Crippen LogP contribution in [-0.2, 0) is 0 Å². The number of anilines is 1. The minimum absolute atomic E-state index is 0.0469. The molecule has 4 nitrogen and oxygen atoms in total. The molecule has 1 aromatic heterocycles. The van der Waals surface area contributed by atoms with Crippen LogP contribution in [0.25, 0.3) is 0 Å². The van der Waals surface area contributed by atoms with Crippen LogP contribution in [-0.4, -0.2) is 16.5 Å². The van der Waals surface area contributed by atoms with Crippen molar-refractivity contribution in [2.24, 2.45) is 0 Å². The first kappa shape index (κ1) is 10.1. The third-order valence-corrected chi connectivity index (χ3v) is 2.67. The minimum Gasteiger partial charge on any atom is -0.384 e. The number of nitrogen functional groups attached to an aromatic ring is 1. The number of hydrogen-bond acceptors (Lipinski definition) is 2. The fourth-order valence-electron chi connectivity index (χ4n) is 1.59.